The van der Waals surface area contributed by atoms with Gasteiger partial charge in [-0.1, -0.05) is 26.2 Å². The van der Waals surface area contributed by atoms with Gasteiger partial charge in [0, 0.05) is 10.1 Å². The Balaban J connectivity index is 2.90. The summed E-state index contributed by atoms with van der Waals surface area (Å²) in [6.45, 7) is 1.70. The minimum absolute atomic E-state index is 0.0853. The molecule has 0 atom stereocenters. The van der Waals surface area contributed by atoms with Crippen LogP contribution >= 0.6 is 0 Å². The van der Waals surface area contributed by atoms with Gasteiger partial charge < -0.3 is 0 Å². The second kappa shape index (κ2) is 7.21. The summed E-state index contributed by atoms with van der Waals surface area (Å²) in [5, 5.41) is 2.31. The third-order valence-electron chi connectivity index (χ3n) is 3.12. The molecule has 1 aliphatic carbocycles. The summed E-state index contributed by atoms with van der Waals surface area (Å²) in [4.78, 5) is 0.453. The van der Waals surface area contributed by atoms with Gasteiger partial charge in [0.2, 0.25) is 5.88 Å². The zero-order valence-corrected chi connectivity index (χ0v) is 13.2. The Morgan fingerprint density at radius 1 is 1.15 bits per heavy atom. The Morgan fingerprint density at radius 3 is 2.25 bits per heavy atom. The van der Waals surface area contributed by atoms with Crippen molar-refractivity contribution in [3.63, 3.8) is 0 Å². The van der Waals surface area contributed by atoms with E-state index in [1.165, 1.54) is 0 Å². The standard InChI is InChI=1S/C10H21N4O4S2/c1-2-8-19(15,16)9-14(12-11)13-20(17,18)10-6-4-3-5-7-10/h10-11H,2-9H2,1H3/q+1. The summed E-state index contributed by atoms with van der Waals surface area (Å²) in [6.07, 6.45) is 4.13. The molecule has 1 rings (SSSR count). The van der Waals surface area contributed by atoms with E-state index in [4.69, 9.17) is 5.53 Å². The molecule has 10 heteroatoms. The van der Waals surface area contributed by atoms with E-state index < -0.39 is 31.0 Å². The smallest absolute Gasteiger partial charge is 0.225 e. The topological polar surface area (TPSA) is 120 Å². The number of nitrogens with zero attached hydrogens (tertiary/aromatic N) is 3. The fourth-order valence-electron chi connectivity index (χ4n) is 2.18. The molecule has 116 valence electrons. The van der Waals surface area contributed by atoms with Crippen molar-refractivity contribution in [1.82, 2.24) is 0 Å². The van der Waals surface area contributed by atoms with Crippen LogP contribution in [-0.2, 0) is 19.9 Å². The van der Waals surface area contributed by atoms with Gasteiger partial charge >= 0.3 is 0 Å². The van der Waals surface area contributed by atoms with Gasteiger partial charge in [0.05, 0.1) is 11.0 Å². The fraction of sp³-hybridized carbons (Fsp3) is 1.00. The lowest BCUT2D eigenvalue weighted by Gasteiger charge is -2.18. The molecular formula is C10H21N4O4S2+. The van der Waals surface area contributed by atoms with Crippen LogP contribution < -0.4 is 0 Å². The quantitative estimate of drug-likeness (QED) is 0.436. The van der Waals surface area contributed by atoms with Crippen LogP contribution in [0.25, 0.3) is 0 Å². The van der Waals surface area contributed by atoms with Crippen molar-refractivity contribution in [2.24, 2.45) is 9.74 Å². The molecule has 0 saturated heterocycles. The lowest BCUT2D eigenvalue weighted by atomic mass is 10.0. The Labute approximate surface area is 119 Å². The van der Waals surface area contributed by atoms with Gasteiger partial charge in [-0.2, -0.15) is 0 Å². The van der Waals surface area contributed by atoms with Crippen molar-refractivity contribution >= 4 is 19.9 Å². The van der Waals surface area contributed by atoms with Crippen LogP contribution in [0.2, 0.25) is 0 Å². The zero-order chi connectivity index (χ0) is 15.2. The van der Waals surface area contributed by atoms with E-state index in [9.17, 15) is 16.8 Å². The van der Waals surface area contributed by atoms with E-state index >= 15 is 0 Å². The summed E-state index contributed by atoms with van der Waals surface area (Å²) in [6, 6.07) is 0. The minimum atomic E-state index is -3.81. The van der Waals surface area contributed by atoms with Crippen molar-refractivity contribution in [2.75, 3.05) is 11.6 Å². The summed E-state index contributed by atoms with van der Waals surface area (Å²) in [7, 11) is -7.30. The number of nitrogens with one attached hydrogen (secondary N) is 1. The van der Waals surface area contributed by atoms with Gasteiger partial charge in [0.15, 0.2) is 15.1 Å². The maximum atomic E-state index is 12.1. The highest BCUT2D eigenvalue weighted by molar-refractivity contribution is 7.91. The van der Waals surface area contributed by atoms with E-state index in [1.54, 1.807) is 6.92 Å². The van der Waals surface area contributed by atoms with E-state index in [1.807, 2.05) is 0 Å². The Morgan fingerprint density at radius 2 is 1.75 bits per heavy atom. The molecule has 0 amide bonds. The molecule has 20 heavy (non-hydrogen) atoms. The summed E-state index contributed by atoms with van der Waals surface area (Å²) in [5.41, 5.74) is 6.89. The first-order chi connectivity index (χ1) is 9.30. The van der Waals surface area contributed by atoms with E-state index in [0.29, 0.717) is 24.1 Å². The molecule has 1 fully saturated rings. The predicted octanol–water partition coefficient (Wildman–Crippen LogP) is 1.84. The molecule has 8 nitrogen and oxygen atoms in total. The van der Waals surface area contributed by atoms with Crippen LogP contribution in [0, 0.1) is 5.53 Å². The Hall–Kier alpha value is -0.900. The highest BCUT2D eigenvalue weighted by atomic mass is 32.2. The maximum Gasteiger partial charge on any atom is 0.291 e. The molecule has 0 aromatic rings. The Bertz CT molecular complexity index is 562. The number of hydrogen-bond acceptors (Lipinski definition) is 5. The molecule has 0 aromatic carbocycles. The number of hydrogen-bond donors (Lipinski definition) is 1. The molecule has 1 N–H and O–H groups in total. The molecule has 1 aliphatic rings. The predicted molar refractivity (Wildman–Crippen MR) is 72.6 cm³/mol. The van der Waals surface area contributed by atoms with Gasteiger partial charge in [-0.3, -0.25) is 0 Å². The minimum Gasteiger partial charge on any atom is -0.225 e. The summed E-state index contributed by atoms with van der Waals surface area (Å²) < 4.78 is 50.7. The van der Waals surface area contributed by atoms with Crippen molar-refractivity contribution in [3.05, 3.63) is 0 Å². The number of sulfonamides is 1. The molecule has 0 bridgehead atoms. The number of sulfone groups is 1. The van der Waals surface area contributed by atoms with Crippen LogP contribution in [0.4, 0.5) is 0 Å². The van der Waals surface area contributed by atoms with Gasteiger partial charge in [0.25, 0.3) is 10.0 Å². The largest absolute Gasteiger partial charge is 0.291 e. The van der Waals surface area contributed by atoms with Crippen molar-refractivity contribution in [3.8, 4) is 0 Å². The van der Waals surface area contributed by atoms with Crippen LogP contribution in [-0.4, -0.2) is 38.5 Å². The Kier molecular flexibility index (Phi) is 6.18. The van der Waals surface area contributed by atoms with Crippen molar-refractivity contribution in [1.29, 1.82) is 5.53 Å². The number of rotatable bonds is 7. The van der Waals surface area contributed by atoms with E-state index in [-0.39, 0.29) is 5.75 Å². The highest BCUT2D eigenvalue weighted by Gasteiger charge is 2.30. The van der Waals surface area contributed by atoms with Gasteiger partial charge in [-0.25, -0.2) is 16.8 Å². The molecular weight excluding hydrogens is 304 g/mol. The molecule has 0 aromatic heterocycles. The molecule has 0 unspecified atom stereocenters. The van der Waals surface area contributed by atoms with Gasteiger partial charge in [-0.05, 0) is 24.1 Å². The van der Waals surface area contributed by atoms with Gasteiger partial charge in [-0.15, -0.1) is 0 Å². The maximum absolute atomic E-state index is 12.1. The molecule has 0 radical (unpaired) electrons. The fourth-order valence-corrected chi connectivity index (χ4v) is 4.89. The van der Waals surface area contributed by atoms with E-state index in [0.717, 1.165) is 19.3 Å². The lowest BCUT2D eigenvalue weighted by Crippen LogP contribution is -2.25. The monoisotopic (exact) mass is 325 g/mol. The van der Waals surface area contributed by atoms with Crippen LogP contribution in [0.1, 0.15) is 45.4 Å². The SMILES string of the molecule is CCCS(=O)(=O)C[N+](N=N)=NS(=O)(=O)C1CCCCC1. The average molecular weight is 325 g/mol. The average Bonchev–Trinajstić information content (AvgIpc) is 2.38. The third-order valence-corrected chi connectivity index (χ3v) is 6.51. The first-order valence-electron chi connectivity index (χ1n) is 6.63. The van der Waals surface area contributed by atoms with Crippen molar-refractivity contribution < 1.29 is 21.6 Å². The second-order valence-electron chi connectivity index (χ2n) is 4.91. The third kappa shape index (κ3) is 5.23. The first-order valence-corrected chi connectivity index (χ1v) is 9.95. The van der Waals surface area contributed by atoms with Crippen LogP contribution in [0.15, 0.2) is 9.74 Å². The summed E-state index contributed by atoms with van der Waals surface area (Å²) in [5.74, 6) is -0.756. The van der Waals surface area contributed by atoms with E-state index in [2.05, 4.69) is 9.74 Å². The molecule has 0 heterocycles. The normalized spacial score (nSPS) is 18.9. The van der Waals surface area contributed by atoms with Crippen LogP contribution in [0.3, 0.4) is 0 Å². The molecule has 1 saturated carbocycles. The molecule has 0 aliphatic heterocycles. The van der Waals surface area contributed by atoms with Crippen LogP contribution in [0.5, 0.6) is 0 Å². The molecule has 0 spiro atoms. The van der Waals surface area contributed by atoms with Gasteiger partial charge in [0.1, 0.15) is 0 Å². The second-order valence-corrected chi connectivity index (χ2v) is 8.92. The summed E-state index contributed by atoms with van der Waals surface area (Å²) >= 11 is 0. The first kappa shape index (κ1) is 17.2. The zero-order valence-electron chi connectivity index (χ0n) is 11.5. The van der Waals surface area contributed by atoms with Crippen molar-refractivity contribution in [2.45, 2.75) is 50.7 Å². The highest BCUT2D eigenvalue weighted by Crippen LogP contribution is 2.24. The lowest BCUT2D eigenvalue weighted by molar-refractivity contribution is -0.584.